The van der Waals surface area contributed by atoms with Crippen LogP contribution in [0.3, 0.4) is 0 Å². The van der Waals surface area contributed by atoms with Crippen LogP contribution in [0.25, 0.3) is 10.2 Å². The number of anilines is 1. The summed E-state index contributed by atoms with van der Waals surface area (Å²) < 4.78 is 30.2. The van der Waals surface area contributed by atoms with Crippen molar-refractivity contribution in [1.82, 2.24) is 4.98 Å². The number of ether oxygens (including phenoxy) is 3. The van der Waals surface area contributed by atoms with Gasteiger partial charge in [-0.25, -0.2) is 9.37 Å². The van der Waals surface area contributed by atoms with Gasteiger partial charge in [0.15, 0.2) is 0 Å². The van der Waals surface area contributed by atoms with E-state index in [1.807, 2.05) is 6.92 Å². The molecule has 0 aliphatic rings. The first-order chi connectivity index (χ1) is 18.1. The third kappa shape index (κ3) is 8.13. The average molecular weight is 548 g/mol. The van der Waals surface area contributed by atoms with Crippen LogP contribution >= 0.6 is 11.3 Å². The molecule has 8 nitrogen and oxygen atoms in total. The normalized spacial score (nSPS) is 12.3. The highest BCUT2D eigenvalue weighted by atomic mass is 32.1. The second kappa shape index (κ2) is 14.6. The Morgan fingerprint density at radius 2 is 1.82 bits per heavy atom. The summed E-state index contributed by atoms with van der Waals surface area (Å²) in [6.07, 6.45) is 3.97. The fourth-order valence-corrected chi connectivity index (χ4v) is 5.31. The quantitative estimate of drug-likeness (QED) is 0.295. The Balaban J connectivity index is 0.000000391. The van der Waals surface area contributed by atoms with Crippen molar-refractivity contribution in [3.63, 3.8) is 0 Å². The lowest BCUT2D eigenvalue weighted by Gasteiger charge is -2.15. The molecule has 0 aliphatic heterocycles. The molecule has 0 saturated heterocycles. The van der Waals surface area contributed by atoms with Crippen molar-refractivity contribution in [2.75, 3.05) is 33.3 Å². The lowest BCUT2D eigenvalue weighted by Crippen LogP contribution is -2.20. The second-order valence-electron chi connectivity index (χ2n) is 9.26. The summed E-state index contributed by atoms with van der Waals surface area (Å²) >= 11 is 1.33. The molecule has 1 heterocycles. The van der Waals surface area contributed by atoms with Crippen LogP contribution in [0, 0.1) is 24.6 Å². The molecule has 38 heavy (non-hydrogen) atoms. The van der Waals surface area contributed by atoms with Gasteiger partial charge in [-0.3, -0.25) is 9.59 Å². The number of aromatic nitrogens is 1. The number of hydrogen-bond donors (Lipinski definition) is 2. The van der Waals surface area contributed by atoms with E-state index < -0.39 is 23.2 Å². The van der Waals surface area contributed by atoms with Gasteiger partial charge in [0.1, 0.15) is 22.9 Å². The van der Waals surface area contributed by atoms with Crippen molar-refractivity contribution in [2.45, 2.75) is 47.0 Å². The number of thiazole rings is 1. The maximum atomic E-state index is 14.2. The number of halogens is 1. The highest BCUT2D eigenvalue weighted by molar-refractivity contribution is 7.19. The third-order valence-electron chi connectivity index (χ3n) is 5.90. The van der Waals surface area contributed by atoms with Gasteiger partial charge in [0.05, 0.1) is 40.7 Å². The van der Waals surface area contributed by atoms with Crippen molar-refractivity contribution in [3.05, 3.63) is 46.2 Å². The lowest BCUT2D eigenvalue weighted by molar-refractivity contribution is 0.0997. The second-order valence-corrected chi connectivity index (χ2v) is 10.5. The van der Waals surface area contributed by atoms with Crippen molar-refractivity contribution in [3.8, 4) is 11.5 Å². The summed E-state index contributed by atoms with van der Waals surface area (Å²) in [7, 11) is 4.56. The van der Waals surface area contributed by atoms with Crippen molar-refractivity contribution >= 4 is 39.1 Å². The van der Waals surface area contributed by atoms with Gasteiger partial charge in [-0.2, -0.15) is 0 Å². The van der Waals surface area contributed by atoms with E-state index in [1.165, 1.54) is 50.9 Å². The van der Waals surface area contributed by atoms with Gasteiger partial charge < -0.3 is 25.3 Å². The van der Waals surface area contributed by atoms with Gasteiger partial charge in [-0.15, -0.1) is 11.3 Å². The maximum absolute atomic E-state index is 14.2. The smallest absolute Gasteiger partial charge is 0.260 e. The highest BCUT2D eigenvalue weighted by Crippen LogP contribution is 2.34. The van der Waals surface area contributed by atoms with Gasteiger partial charge in [0.2, 0.25) is 0 Å². The summed E-state index contributed by atoms with van der Waals surface area (Å²) in [4.78, 5) is 29.0. The number of aryl methyl sites for hydroxylation is 1. The number of benzene rings is 2. The Labute approximate surface area is 227 Å². The Bertz CT molecular complexity index is 1240. The number of primary amides is 1. The first-order valence-corrected chi connectivity index (χ1v) is 13.3. The number of rotatable bonds is 11. The molecule has 2 atom stereocenters. The molecule has 3 N–H and O–H groups in total. The van der Waals surface area contributed by atoms with E-state index in [4.69, 9.17) is 19.9 Å². The number of carbonyl (C=O) groups excluding carboxylic acids is 2. The highest BCUT2D eigenvalue weighted by Gasteiger charge is 2.23. The Morgan fingerprint density at radius 3 is 2.39 bits per heavy atom. The first kappa shape index (κ1) is 31.0. The third-order valence-corrected chi connectivity index (χ3v) is 6.91. The van der Waals surface area contributed by atoms with Crippen LogP contribution in [-0.4, -0.2) is 44.7 Å². The van der Waals surface area contributed by atoms with Crippen molar-refractivity contribution in [2.24, 2.45) is 17.6 Å². The first-order valence-electron chi connectivity index (χ1n) is 12.5. The number of nitrogens with zero attached hydrogens (tertiary/aromatic N) is 1. The lowest BCUT2D eigenvalue weighted by atomic mass is 9.94. The molecule has 0 spiro atoms. The molecule has 0 bridgehead atoms. The fourth-order valence-electron chi connectivity index (χ4n) is 4.35. The molecule has 3 aromatic rings. The molecule has 0 aliphatic carbocycles. The molecule has 2 unspecified atom stereocenters. The molecule has 1 aromatic heterocycles. The predicted octanol–water partition coefficient (Wildman–Crippen LogP) is 6.21. The van der Waals surface area contributed by atoms with E-state index >= 15 is 0 Å². The van der Waals surface area contributed by atoms with E-state index in [0.29, 0.717) is 16.0 Å². The van der Waals surface area contributed by atoms with Crippen LogP contribution in [0.4, 0.5) is 10.1 Å². The van der Waals surface area contributed by atoms with Gasteiger partial charge in [-0.1, -0.05) is 33.6 Å². The van der Waals surface area contributed by atoms with Gasteiger partial charge in [0, 0.05) is 25.8 Å². The van der Waals surface area contributed by atoms with Crippen LogP contribution in [0.15, 0.2) is 24.3 Å². The fraction of sp³-hybridized carbons (Fsp3) is 0.464. The summed E-state index contributed by atoms with van der Waals surface area (Å²) in [5.41, 5.74) is 5.61. The summed E-state index contributed by atoms with van der Waals surface area (Å²) in [5.74, 6) is -0.442. The molecule has 10 heteroatoms. The number of fused-ring (bicyclic) bond motifs is 1. The number of nitrogens with two attached hydrogens (primary N) is 1. The predicted molar refractivity (Wildman–Crippen MR) is 150 cm³/mol. The zero-order chi connectivity index (χ0) is 28.4. The summed E-state index contributed by atoms with van der Waals surface area (Å²) in [6, 6.07) is 5.71. The number of amides is 2. The largest absolute Gasteiger partial charge is 0.497 e. The van der Waals surface area contributed by atoms with E-state index in [-0.39, 0.29) is 17.0 Å². The van der Waals surface area contributed by atoms with E-state index in [0.717, 1.165) is 29.5 Å². The molecule has 0 fully saturated rings. The average Bonchev–Trinajstić information content (AvgIpc) is 3.23. The van der Waals surface area contributed by atoms with E-state index in [9.17, 15) is 14.0 Å². The van der Waals surface area contributed by atoms with Crippen LogP contribution in [0.1, 0.15) is 65.8 Å². The van der Waals surface area contributed by atoms with Crippen LogP contribution in [0.2, 0.25) is 0 Å². The molecule has 3 rings (SSSR count). The monoisotopic (exact) mass is 547 g/mol. The Morgan fingerprint density at radius 1 is 1.11 bits per heavy atom. The van der Waals surface area contributed by atoms with Crippen LogP contribution in [0.5, 0.6) is 11.5 Å². The molecular weight excluding hydrogens is 509 g/mol. The maximum Gasteiger partial charge on any atom is 0.260 e. The SMILES string of the molecule is CCCC(C)CC(C)COC.COc1cc(F)c(C(N)=O)c(NC(=O)c2c(OC)ccc3nc(C)sc23)c1. The van der Waals surface area contributed by atoms with Crippen molar-refractivity contribution in [1.29, 1.82) is 0 Å². The molecule has 2 aromatic carbocycles. The van der Waals surface area contributed by atoms with E-state index in [1.54, 1.807) is 19.2 Å². The van der Waals surface area contributed by atoms with Gasteiger partial charge >= 0.3 is 0 Å². The molecule has 208 valence electrons. The minimum Gasteiger partial charge on any atom is -0.497 e. The summed E-state index contributed by atoms with van der Waals surface area (Å²) in [6.45, 7) is 9.57. The number of nitrogens with one attached hydrogen (secondary N) is 1. The van der Waals surface area contributed by atoms with E-state index in [2.05, 4.69) is 31.1 Å². The Hall–Kier alpha value is -3.24. The zero-order valence-corrected chi connectivity index (χ0v) is 24.0. The minimum atomic E-state index is -1.01. The molecular formula is C28H38FN3O5S. The summed E-state index contributed by atoms with van der Waals surface area (Å²) in [5, 5.41) is 3.31. The van der Waals surface area contributed by atoms with Gasteiger partial charge in [-0.05, 0) is 37.3 Å². The van der Waals surface area contributed by atoms with Gasteiger partial charge in [0.25, 0.3) is 11.8 Å². The number of hydrogen-bond acceptors (Lipinski definition) is 7. The zero-order valence-electron chi connectivity index (χ0n) is 23.1. The van der Waals surface area contributed by atoms with Crippen molar-refractivity contribution < 1.29 is 28.2 Å². The minimum absolute atomic E-state index is 0.0929. The topological polar surface area (TPSA) is 113 Å². The number of carbonyl (C=O) groups is 2. The molecule has 2 amide bonds. The Kier molecular flexibility index (Phi) is 11.9. The van der Waals surface area contributed by atoms with Crippen LogP contribution < -0.4 is 20.5 Å². The molecule has 0 radical (unpaired) electrons. The molecule has 0 saturated carbocycles. The standard InChI is InChI=1S/C18H16FN3O4S.C10H22O/c1-8-21-11-4-5-13(26-3)15(16(11)27-8)18(24)22-12-7-9(25-2)6-10(19)14(12)17(20)23;1-5-6-9(2)7-10(3)8-11-4/h4-7H,1-3H3,(H2,20,23)(H,22,24);9-10H,5-8H2,1-4H3. The number of methoxy groups -OCH3 is 3. The van der Waals surface area contributed by atoms with Crippen LogP contribution in [-0.2, 0) is 4.74 Å².